The van der Waals surface area contributed by atoms with Gasteiger partial charge in [0.05, 0.1) is 0 Å². The quantitative estimate of drug-likeness (QED) is 0.879. The molecule has 1 aromatic heterocycles. The van der Waals surface area contributed by atoms with Gasteiger partial charge in [-0.3, -0.25) is 4.79 Å². The van der Waals surface area contributed by atoms with Gasteiger partial charge in [-0.25, -0.2) is 4.98 Å². The summed E-state index contributed by atoms with van der Waals surface area (Å²) in [5, 5.41) is 6.24. The highest BCUT2D eigenvalue weighted by atomic mass is 16.1. The third kappa shape index (κ3) is 2.37. The highest BCUT2D eigenvalue weighted by Crippen LogP contribution is 2.26. The second kappa shape index (κ2) is 5.33. The molecule has 1 amide bonds. The summed E-state index contributed by atoms with van der Waals surface area (Å²) in [6.45, 7) is 2.90. The molecule has 0 atom stereocenters. The van der Waals surface area contributed by atoms with Crippen molar-refractivity contribution in [3.63, 3.8) is 0 Å². The number of rotatable bonds is 2. The maximum atomic E-state index is 12.5. The molecule has 0 radical (unpaired) electrons. The summed E-state index contributed by atoms with van der Waals surface area (Å²) >= 11 is 0. The van der Waals surface area contributed by atoms with E-state index in [0.717, 1.165) is 41.8 Å². The topological polar surface area (TPSA) is 54.0 Å². The van der Waals surface area contributed by atoms with E-state index in [1.54, 1.807) is 6.20 Å². The first-order chi connectivity index (χ1) is 9.75. The molecule has 0 saturated carbocycles. The van der Waals surface area contributed by atoms with Crippen LogP contribution >= 0.6 is 0 Å². The highest BCUT2D eigenvalue weighted by Gasteiger charge is 2.17. The molecule has 2 N–H and O–H groups in total. The van der Waals surface area contributed by atoms with Gasteiger partial charge in [0.2, 0.25) is 0 Å². The summed E-state index contributed by atoms with van der Waals surface area (Å²) in [6, 6.07) is 9.61. The Kier molecular flexibility index (Phi) is 3.37. The summed E-state index contributed by atoms with van der Waals surface area (Å²) < 4.78 is 0. The second-order valence-electron chi connectivity index (χ2n) is 4.99. The third-order valence-electron chi connectivity index (χ3n) is 3.58. The summed E-state index contributed by atoms with van der Waals surface area (Å²) in [4.78, 5) is 16.7. The van der Waals surface area contributed by atoms with Crippen LogP contribution in [0.1, 0.15) is 27.9 Å². The SMILES string of the molecule is Cc1cccnc1NC(=O)c1cccc2c1CCCN2. The Morgan fingerprint density at radius 1 is 1.30 bits per heavy atom. The summed E-state index contributed by atoms with van der Waals surface area (Å²) in [5.74, 6) is 0.534. The number of nitrogens with one attached hydrogen (secondary N) is 2. The molecule has 4 heteroatoms. The van der Waals surface area contributed by atoms with E-state index in [1.165, 1.54) is 0 Å². The van der Waals surface area contributed by atoms with Gasteiger partial charge in [-0.05, 0) is 49.1 Å². The number of hydrogen-bond donors (Lipinski definition) is 2. The molecule has 0 spiro atoms. The van der Waals surface area contributed by atoms with Gasteiger partial charge in [0.25, 0.3) is 5.91 Å². The van der Waals surface area contributed by atoms with Crippen LogP contribution in [0.15, 0.2) is 36.5 Å². The maximum Gasteiger partial charge on any atom is 0.257 e. The molecule has 1 aromatic carbocycles. The molecule has 0 bridgehead atoms. The molecule has 1 aliphatic rings. The van der Waals surface area contributed by atoms with Gasteiger partial charge in [-0.2, -0.15) is 0 Å². The van der Waals surface area contributed by atoms with Crippen molar-refractivity contribution < 1.29 is 4.79 Å². The molecule has 4 nitrogen and oxygen atoms in total. The highest BCUT2D eigenvalue weighted by molar-refractivity contribution is 6.06. The molecule has 102 valence electrons. The molecule has 20 heavy (non-hydrogen) atoms. The van der Waals surface area contributed by atoms with Gasteiger partial charge in [0.15, 0.2) is 0 Å². The van der Waals surface area contributed by atoms with Crippen LogP contribution in [-0.2, 0) is 6.42 Å². The summed E-state index contributed by atoms with van der Waals surface area (Å²) in [5.41, 5.74) is 3.87. The smallest absolute Gasteiger partial charge is 0.257 e. The van der Waals surface area contributed by atoms with Crippen molar-refractivity contribution in [2.24, 2.45) is 0 Å². The number of anilines is 2. The molecule has 2 aromatic rings. The first kappa shape index (κ1) is 12.7. The number of nitrogens with zero attached hydrogens (tertiary/aromatic N) is 1. The Labute approximate surface area is 118 Å². The number of aromatic nitrogens is 1. The Balaban J connectivity index is 1.90. The fourth-order valence-corrected chi connectivity index (χ4v) is 2.51. The third-order valence-corrected chi connectivity index (χ3v) is 3.58. The normalized spacial score (nSPS) is 13.2. The number of carbonyl (C=O) groups excluding carboxylic acids is 1. The Hall–Kier alpha value is -2.36. The lowest BCUT2D eigenvalue weighted by atomic mass is 9.97. The van der Waals surface area contributed by atoms with Gasteiger partial charge < -0.3 is 10.6 Å². The molecule has 0 unspecified atom stereocenters. The first-order valence-electron chi connectivity index (χ1n) is 6.84. The van der Waals surface area contributed by atoms with Crippen molar-refractivity contribution in [1.29, 1.82) is 0 Å². The predicted molar refractivity (Wildman–Crippen MR) is 80.2 cm³/mol. The Morgan fingerprint density at radius 2 is 2.20 bits per heavy atom. The fourth-order valence-electron chi connectivity index (χ4n) is 2.51. The van der Waals surface area contributed by atoms with Crippen LogP contribution in [-0.4, -0.2) is 17.4 Å². The van der Waals surface area contributed by atoms with Gasteiger partial charge in [-0.1, -0.05) is 12.1 Å². The van der Waals surface area contributed by atoms with Crippen molar-refractivity contribution in [2.75, 3.05) is 17.2 Å². The number of aryl methyl sites for hydroxylation is 1. The number of amides is 1. The first-order valence-corrected chi connectivity index (χ1v) is 6.84. The summed E-state index contributed by atoms with van der Waals surface area (Å²) in [6.07, 6.45) is 3.68. The van der Waals surface area contributed by atoms with Gasteiger partial charge >= 0.3 is 0 Å². The lowest BCUT2D eigenvalue weighted by molar-refractivity contribution is 0.102. The molecule has 1 aliphatic heterocycles. The predicted octanol–water partition coefficient (Wildman–Crippen LogP) is 3.00. The largest absolute Gasteiger partial charge is 0.385 e. The molecule has 2 heterocycles. The van der Waals surface area contributed by atoms with Crippen molar-refractivity contribution in [3.8, 4) is 0 Å². The molecule has 0 aliphatic carbocycles. The van der Waals surface area contributed by atoms with Crippen molar-refractivity contribution in [3.05, 3.63) is 53.2 Å². The standard InChI is InChI=1S/C16H17N3O/c1-11-5-3-10-18-15(11)19-16(20)13-6-2-8-14-12(13)7-4-9-17-14/h2-3,5-6,8,10,17H,4,7,9H2,1H3,(H,18,19,20). The van der Waals surface area contributed by atoms with Crippen molar-refractivity contribution >= 4 is 17.4 Å². The summed E-state index contributed by atoms with van der Waals surface area (Å²) in [7, 11) is 0. The van der Waals surface area contributed by atoms with E-state index in [1.807, 2.05) is 37.3 Å². The van der Waals surface area contributed by atoms with Gasteiger partial charge in [0, 0.05) is 24.0 Å². The number of hydrogen-bond acceptors (Lipinski definition) is 3. The van der Waals surface area contributed by atoms with Crippen molar-refractivity contribution in [2.45, 2.75) is 19.8 Å². The molecular formula is C16H17N3O. The average molecular weight is 267 g/mol. The van der Waals surface area contributed by atoms with Crippen LogP contribution in [0, 0.1) is 6.92 Å². The lowest BCUT2D eigenvalue weighted by Gasteiger charge is -2.20. The van der Waals surface area contributed by atoms with Crippen LogP contribution in [0.3, 0.4) is 0 Å². The lowest BCUT2D eigenvalue weighted by Crippen LogP contribution is -2.20. The van der Waals surface area contributed by atoms with E-state index in [-0.39, 0.29) is 5.91 Å². The molecule has 0 saturated heterocycles. The zero-order chi connectivity index (χ0) is 13.9. The zero-order valence-electron chi connectivity index (χ0n) is 11.4. The molecule has 3 rings (SSSR count). The van der Waals surface area contributed by atoms with E-state index >= 15 is 0 Å². The minimum absolute atomic E-state index is 0.0904. The van der Waals surface area contributed by atoms with E-state index in [4.69, 9.17) is 0 Å². The van der Waals surface area contributed by atoms with E-state index < -0.39 is 0 Å². The number of pyridine rings is 1. The second-order valence-corrected chi connectivity index (χ2v) is 4.99. The van der Waals surface area contributed by atoms with Crippen LogP contribution in [0.25, 0.3) is 0 Å². The number of benzene rings is 1. The van der Waals surface area contributed by atoms with Crippen LogP contribution in [0.2, 0.25) is 0 Å². The van der Waals surface area contributed by atoms with Gasteiger partial charge in [0.1, 0.15) is 5.82 Å². The van der Waals surface area contributed by atoms with Crippen LogP contribution < -0.4 is 10.6 Å². The van der Waals surface area contributed by atoms with Gasteiger partial charge in [-0.15, -0.1) is 0 Å². The van der Waals surface area contributed by atoms with Crippen LogP contribution in [0.4, 0.5) is 11.5 Å². The fraction of sp³-hybridized carbons (Fsp3) is 0.250. The Morgan fingerprint density at radius 3 is 3.05 bits per heavy atom. The Bertz CT molecular complexity index is 652. The van der Waals surface area contributed by atoms with Crippen LogP contribution in [0.5, 0.6) is 0 Å². The monoisotopic (exact) mass is 267 g/mol. The van der Waals surface area contributed by atoms with E-state index in [0.29, 0.717) is 5.82 Å². The zero-order valence-corrected chi connectivity index (χ0v) is 11.4. The maximum absolute atomic E-state index is 12.5. The number of carbonyl (C=O) groups is 1. The molecule has 0 fully saturated rings. The minimum atomic E-state index is -0.0904. The number of fused-ring (bicyclic) bond motifs is 1. The van der Waals surface area contributed by atoms with Crippen molar-refractivity contribution in [1.82, 2.24) is 4.98 Å². The molecular weight excluding hydrogens is 250 g/mol. The average Bonchev–Trinajstić information content (AvgIpc) is 2.49. The minimum Gasteiger partial charge on any atom is -0.385 e. The van der Waals surface area contributed by atoms with E-state index in [2.05, 4.69) is 15.6 Å². The van der Waals surface area contributed by atoms with E-state index in [9.17, 15) is 4.79 Å².